The van der Waals surface area contributed by atoms with E-state index in [9.17, 15) is 8.42 Å². The van der Waals surface area contributed by atoms with Gasteiger partial charge in [-0.2, -0.15) is 0 Å². The summed E-state index contributed by atoms with van der Waals surface area (Å²) in [6, 6.07) is 2.56. The molecule has 78 valence electrons. The fourth-order valence-corrected chi connectivity index (χ4v) is 2.43. The summed E-state index contributed by atoms with van der Waals surface area (Å²) in [5, 5.41) is 0.164. The number of halogens is 1. The predicted octanol–water partition coefficient (Wildman–Crippen LogP) is 1.42. The molecule has 0 bridgehead atoms. The quantitative estimate of drug-likeness (QED) is 0.805. The van der Waals surface area contributed by atoms with Gasteiger partial charge in [0.1, 0.15) is 5.15 Å². The van der Waals surface area contributed by atoms with Gasteiger partial charge < -0.3 is 0 Å². The van der Waals surface area contributed by atoms with E-state index in [1.54, 1.807) is 13.8 Å². The molecule has 1 aromatic rings. The maximum Gasteiger partial charge on any atom is 0.240 e. The number of aromatic nitrogens is 1. The molecule has 0 aliphatic heterocycles. The third-order valence-corrected chi connectivity index (χ3v) is 3.26. The molecule has 0 aliphatic carbocycles. The summed E-state index contributed by atoms with van der Waals surface area (Å²) in [7, 11) is -3.46. The summed E-state index contributed by atoms with van der Waals surface area (Å²) in [5.41, 5.74) is 0. The van der Waals surface area contributed by atoms with Crippen LogP contribution >= 0.6 is 11.6 Å². The van der Waals surface area contributed by atoms with Crippen molar-refractivity contribution in [2.24, 2.45) is 0 Å². The number of nitrogens with zero attached hydrogens (tertiary/aromatic N) is 1. The highest BCUT2D eigenvalue weighted by atomic mass is 35.5. The molecule has 6 heteroatoms. The second-order valence-corrected chi connectivity index (χ2v) is 5.19. The molecule has 0 fully saturated rings. The van der Waals surface area contributed by atoms with Crippen LogP contribution in [0.15, 0.2) is 23.2 Å². The molecule has 14 heavy (non-hydrogen) atoms. The Hall–Kier alpha value is -0.650. The minimum absolute atomic E-state index is 0.131. The third kappa shape index (κ3) is 2.94. The van der Waals surface area contributed by atoms with Crippen LogP contribution in [0.4, 0.5) is 0 Å². The average molecular weight is 235 g/mol. The lowest BCUT2D eigenvalue weighted by atomic mass is 10.4. The van der Waals surface area contributed by atoms with Gasteiger partial charge in [-0.05, 0) is 26.0 Å². The molecule has 0 saturated carbocycles. The second-order valence-electron chi connectivity index (χ2n) is 3.09. The predicted molar refractivity (Wildman–Crippen MR) is 54.7 cm³/mol. The monoisotopic (exact) mass is 234 g/mol. The first-order valence-corrected chi connectivity index (χ1v) is 5.92. The van der Waals surface area contributed by atoms with E-state index in [0.29, 0.717) is 0 Å². The van der Waals surface area contributed by atoms with Gasteiger partial charge in [0.25, 0.3) is 0 Å². The highest BCUT2D eigenvalue weighted by Gasteiger charge is 2.15. The molecule has 0 saturated heterocycles. The Bertz CT molecular complexity index is 417. The van der Waals surface area contributed by atoms with Crippen molar-refractivity contribution in [1.29, 1.82) is 0 Å². The summed E-state index contributed by atoms with van der Waals surface area (Å²) < 4.78 is 25.6. The Labute approximate surface area is 88.4 Å². The van der Waals surface area contributed by atoms with Crippen LogP contribution < -0.4 is 4.72 Å². The first-order chi connectivity index (χ1) is 6.42. The van der Waals surface area contributed by atoms with Gasteiger partial charge in [-0.1, -0.05) is 11.6 Å². The smallest absolute Gasteiger partial charge is 0.240 e. The van der Waals surface area contributed by atoms with Crippen molar-refractivity contribution in [2.45, 2.75) is 24.8 Å². The minimum atomic E-state index is -3.46. The molecule has 1 rings (SSSR count). The topological polar surface area (TPSA) is 59.1 Å². The van der Waals surface area contributed by atoms with E-state index < -0.39 is 10.0 Å². The molecule has 0 unspecified atom stereocenters. The summed E-state index contributed by atoms with van der Waals surface area (Å²) in [4.78, 5) is 3.84. The zero-order valence-corrected chi connectivity index (χ0v) is 9.43. The minimum Gasteiger partial charge on any atom is -0.244 e. The maximum absolute atomic E-state index is 11.6. The van der Waals surface area contributed by atoms with Gasteiger partial charge in [0.2, 0.25) is 10.0 Å². The highest BCUT2D eigenvalue weighted by molar-refractivity contribution is 7.89. The van der Waals surface area contributed by atoms with Crippen molar-refractivity contribution in [2.75, 3.05) is 0 Å². The SMILES string of the molecule is CC(C)NS(=O)(=O)c1ccnc(Cl)c1. The third-order valence-electron chi connectivity index (χ3n) is 1.40. The van der Waals surface area contributed by atoms with Gasteiger partial charge in [-0.15, -0.1) is 0 Å². The number of rotatable bonds is 3. The molecular weight excluding hydrogens is 224 g/mol. The Balaban J connectivity index is 3.05. The fourth-order valence-electron chi connectivity index (χ4n) is 0.930. The van der Waals surface area contributed by atoms with Crippen molar-refractivity contribution in [1.82, 2.24) is 9.71 Å². The van der Waals surface area contributed by atoms with Gasteiger partial charge in [-0.3, -0.25) is 0 Å². The van der Waals surface area contributed by atoms with Crippen LogP contribution in [0.2, 0.25) is 5.15 Å². The summed E-state index contributed by atoms with van der Waals surface area (Å²) in [5.74, 6) is 0. The molecule has 0 aromatic carbocycles. The Morgan fingerprint density at radius 1 is 1.50 bits per heavy atom. The molecule has 4 nitrogen and oxygen atoms in total. The standard InChI is InChI=1S/C8H11ClN2O2S/c1-6(2)11-14(12,13)7-3-4-10-8(9)5-7/h3-6,11H,1-2H3. The number of nitrogens with one attached hydrogen (secondary N) is 1. The number of pyridine rings is 1. The molecule has 1 heterocycles. The van der Waals surface area contributed by atoms with Gasteiger partial charge >= 0.3 is 0 Å². The van der Waals surface area contributed by atoms with Crippen LogP contribution in [-0.4, -0.2) is 19.4 Å². The number of hydrogen-bond donors (Lipinski definition) is 1. The van der Waals surface area contributed by atoms with E-state index in [0.717, 1.165) is 0 Å². The van der Waals surface area contributed by atoms with Gasteiger partial charge in [0.15, 0.2) is 0 Å². The average Bonchev–Trinajstić information content (AvgIpc) is 2.01. The van der Waals surface area contributed by atoms with E-state index in [1.807, 2.05) is 0 Å². The van der Waals surface area contributed by atoms with E-state index >= 15 is 0 Å². The highest BCUT2D eigenvalue weighted by Crippen LogP contribution is 2.12. The van der Waals surface area contributed by atoms with Gasteiger partial charge in [0.05, 0.1) is 4.90 Å². The largest absolute Gasteiger partial charge is 0.244 e. The Morgan fingerprint density at radius 3 is 2.64 bits per heavy atom. The lowest BCUT2D eigenvalue weighted by molar-refractivity contribution is 0.569. The zero-order chi connectivity index (χ0) is 10.8. The summed E-state index contributed by atoms with van der Waals surface area (Å²) >= 11 is 5.58. The first-order valence-electron chi connectivity index (χ1n) is 4.06. The maximum atomic E-state index is 11.6. The second kappa shape index (κ2) is 4.25. The van der Waals surface area contributed by atoms with Crippen LogP contribution in [-0.2, 0) is 10.0 Å². The van der Waals surface area contributed by atoms with Crippen LogP contribution in [0.5, 0.6) is 0 Å². The van der Waals surface area contributed by atoms with E-state index in [1.165, 1.54) is 18.3 Å². The zero-order valence-electron chi connectivity index (χ0n) is 7.86. The lowest BCUT2D eigenvalue weighted by Gasteiger charge is -2.08. The van der Waals surface area contributed by atoms with Crippen molar-refractivity contribution >= 4 is 21.6 Å². The van der Waals surface area contributed by atoms with Crippen LogP contribution in [0.1, 0.15) is 13.8 Å². The van der Waals surface area contributed by atoms with E-state index in [2.05, 4.69) is 9.71 Å². The van der Waals surface area contributed by atoms with Crippen molar-refractivity contribution < 1.29 is 8.42 Å². The van der Waals surface area contributed by atoms with E-state index in [-0.39, 0.29) is 16.1 Å². The van der Waals surface area contributed by atoms with Gasteiger partial charge in [-0.25, -0.2) is 18.1 Å². The van der Waals surface area contributed by atoms with Crippen LogP contribution in [0.3, 0.4) is 0 Å². The lowest BCUT2D eigenvalue weighted by Crippen LogP contribution is -2.30. The molecule has 0 atom stereocenters. The fraction of sp³-hybridized carbons (Fsp3) is 0.375. The Kier molecular flexibility index (Phi) is 3.47. The number of sulfonamides is 1. The van der Waals surface area contributed by atoms with Gasteiger partial charge in [0, 0.05) is 12.2 Å². The molecule has 0 spiro atoms. The molecule has 0 amide bonds. The van der Waals surface area contributed by atoms with Crippen molar-refractivity contribution in [3.8, 4) is 0 Å². The molecule has 1 aromatic heterocycles. The van der Waals surface area contributed by atoms with Crippen LogP contribution in [0.25, 0.3) is 0 Å². The first kappa shape index (κ1) is 11.4. The molecule has 0 aliphatic rings. The van der Waals surface area contributed by atoms with Crippen molar-refractivity contribution in [3.63, 3.8) is 0 Å². The van der Waals surface area contributed by atoms with E-state index in [4.69, 9.17) is 11.6 Å². The van der Waals surface area contributed by atoms with Crippen LogP contribution in [0, 0.1) is 0 Å². The van der Waals surface area contributed by atoms with Crippen molar-refractivity contribution in [3.05, 3.63) is 23.5 Å². The summed E-state index contributed by atoms with van der Waals surface area (Å²) in [6.45, 7) is 3.50. The molecular formula is C8H11ClN2O2S. The molecule has 1 N–H and O–H groups in total. The molecule has 0 radical (unpaired) electrons. The Morgan fingerprint density at radius 2 is 2.14 bits per heavy atom. The summed E-state index contributed by atoms with van der Waals surface area (Å²) in [6.07, 6.45) is 1.36. The number of hydrogen-bond acceptors (Lipinski definition) is 3. The normalized spacial score (nSPS) is 12.0.